The van der Waals surface area contributed by atoms with Crippen molar-refractivity contribution >= 4 is 11.7 Å². The Bertz CT molecular complexity index is 430. The number of morpholine rings is 1. The van der Waals surface area contributed by atoms with E-state index in [0.29, 0.717) is 36.8 Å². The van der Waals surface area contributed by atoms with Gasteiger partial charge in [-0.15, -0.1) is 0 Å². The summed E-state index contributed by atoms with van der Waals surface area (Å²) in [4.78, 5) is 18.0. The van der Waals surface area contributed by atoms with Gasteiger partial charge in [-0.25, -0.2) is 4.98 Å². The smallest absolute Gasteiger partial charge is 0.254 e. The Balaban J connectivity index is 2.23. The molecule has 1 atom stereocenters. The summed E-state index contributed by atoms with van der Waals surface area (Å²) in [6, 6.07) is 2.96. The van der Waals surface area contributed by atoms with Crippen LogP contribution in [-0.4, -0.2) is 53.3 Å². The second-order valence-electron chi connectivity index (χ2n) is 4.33. The summed E-state index contributed by atoms with van der Waals surface area (Å²) >= 11 is 0. The minimum atomic E-state index is -0.291. The number of nitrogens with zero attached hydrogens (tertiary/aromatic N) is 2. The van der Waals surface area contributed by atoms with Crippen molar-refractivity contribution in [2.75, 3.05) is 32.1 Å². The van der Waals surface area contributed by atoms with Gasteiger partial charge in [0.05, 0.1) is 25.9 Å². The molecule has 1 aromatic rings. The largest absolute Gasteiger partial charge is 0.394 e. The van der Waals surface area contributed by atoms with E-state index in [1.807, 2.05) is 0 Å². The fourth-order valence-corrected chi connectivity index (χ4v) is 2.06. The maximum absolute atomic E-state index is 12.3. The predicted octanol–water partition coefficient (Wildman–Crippen LogP) is -0.194. The van der Waals surface area contributed by atoms with Gasteiger partial charge in [0.15, 0.2) is 0 Å². The molecule has 98 valence electrons. The van der Waals surface area contributed by atoms with E-state index in [1.165, 1.54) is 0 Å². The Morgan fingerprint density at radius 3 is 3.11 bits per heavy atom. The van der Waals surface area contributed by atoms with Gasteiger partial charge in [-0.3, -0.25) is 4.79 Å². The van der Waals surface area contributed by atoms with E-state index in [4.69, 9.17) is 10.5 Å². The zero-order valence-corrected chi connectivity index (χ0v) is 10.3. The standard InChI is InChI=1S/C12H17N3O3/c1-8-4-9(5-11(13)14-8)12(17)15-2-3-18-7-10(15)6-16/h4-5,10,16H,2-3,6-7H2,1H3,(H2,13,14). The van der Waals surface area contributed by atoms with E-state index >= 15 is 0 Å². The molecule has 1 saturated heterocycles. The third-order valence-electron chi connectivity index (χ3n) is 2.92. The van der Waals surface area contributed by atoms with Gasteiger partial charge in [0.1, 0.15) is 5.82 Å². The summed E-state index contributed by atoms with van der Waals surface area (Å²) in [7, 11) is 0. The number of aliphatic hydroxyl groups is 1. The second-order valence-corrected chi connectivity index (χ2v) is 4.33. The molecule has 1 amide bonds. The summed E-state index contributed by atoms with van der Waals surface area (Å²) in [6.45, 7) is 3.01. The van der Waals surface area contributed by atoms with Gasteiger partial charge >= 0.3 is 0 Å². The van der Waals surface area contributed by atoms with Crippen LogP contribution < -0.4 is 5.73 Å². The van der Waals surface area contributed by atoms with Crippen LogP contribution in [0.4, 0.5) is 5.82 Å². The lowest BCUT2D eigenvalue weighted by Gasteiger charge is -2.34. The molecule has 1 aliphatic rings. The highest BCUT2D eigenvalue weighted by Crippen LogP contribution is 2.14. The second kappa shape index (κ2) is 5.32. The Hall–Kier alpha value is -1.66. The number of carbonyl (C=O) groups excluding carboxylic acids is 1. The molecule has 2 rings (SSSR count). The van der Waals surface area contributed by atoms with Gasteiger partial charge in [0, 0.05) is 17.8 Å². The van der Waals surface area contributed by atoms with E-state index in [-0.39, 0.29) is 18.6 Å². The molecule has 1 aliphatic heterocycles. The normalized spacial score (nSPS) is 19.9. The Kier molecular flexibility index (Phi) is 3.78. The molecule has 0 spiro atoms. The van der Waals surface area contributed by atoms with E-state index in [1.54, 1.807) is 24.0 Å². The van der Waals surface area contributed by atoms with Crippen LogP contribution in [0.2, 0.25) is 0 Å². The molecule has 1 fully saturated rings. The number of nitrogen functional groups attached to an aromatic ring is 1. The van der Waals surface area contributed by atoms with Gasteiger partial charge in [-0.2, -0.15) is 0 Å². The van der Waals surface area contributed by atoms with Crippen LogP contribution in [0.3, 0.4) is 0 Å². The molecule has 3 N–H and O–H groups in total. The highest BCUT2D eigenvalue weighted by Gasteiger charge is 2.27. The third kappa shape index (κ3) is 2.60. The van der Waals surface area contributed by atoms with E-state index < -0.39 is 0 Å². The number of aryl methyl sites for hydroxylation is 1. The molecule has 2 heterocycles. The first-order chi connectivity index (χ1) is 8.61. The minimum absolute atomic E-state index is 0.106. The highest BCUT2D eigenvalue weighted by molar-refractivity contribution is 5.95. The first-order valence-corrected chi connectivity index (χ1v) is 5.85. The number of hydrogen-bond acceptors (Lipinski definition) is 5. The van der Waals surface area contributed by atoms with Gasteiger partial charge < -0.3 is 20.5 Å². The van der Waals surface area contributed by atoms with E-state index in [2.05, 4.69) is 4.98 Å². The molecule has 0 bridgehead atoms. The van der Waals surface area contributed by atoms with Crippen LogP contribution in [0.25, 0.3) is 0 Å². The minimum Gasteiger partial charge on any atom is -0.394 e. The average Bonchev–Trinajstić information content (AvgIpc) is 2.36. The van der Waals surface area contributed by atoms with Crippen molar-refractivity contribution in [2.45, 2.75) is 13.0 Å². The van der Waals surface area contributed by atoms with Crippen LogP contribution in [0.5, 0.6) is 0 Å². The molecule has 0 saturated carbocycles. The fraction of sp³-hybridized carbons (Fsp3) is 0.500. The molecular formula is C12H17N3O3. The Morgan fingerprint density at radius 1 is 1.67 bits per heavy atom. The van der Waals surface area contributed by atoms with Crippen molar-refractivity contribution in [1.29, 1.82) is 0 Å². The number of aromatic nitrogens is 1. The van der Waals surface area contributed by atoms with Gasteiger partial charge in [-0.05, 0) is 19.1 Å². The summed E-state index contributed by atoms with van der Waals surface area (Å²) in [5.74, 6) is 0.182. The van der Waals surface area contributed by atoms with Gasteiger partial charge in [0.2, 0.25) is 0 Å². The number of carbonyl (C=O) groups is 1. The van der Waals surface area contributed by atoms with Gasteiger partial charge in [-0.1, -0.05) is 0 Å². The third-order valence-corrected chi connectivity index (χ3v) is 2.92. The number of anilines is 1. The van der Waals surface area contributed by atoms with Gasteiger partial charge in [0.25, 0.3) is 5.91 Å². The number of ether oxygens (including phenoxy) is 1. The lowest BCUT2D eigenvalue weighted by atomic mass is 10.1. The van der Waals surface area contributed by atoms with Crippen LogP contribution in [0.15, 0.2) is 12.1 Å². The van der Waals surface area contributed by atoms with E-state index in [9.17, 15) is 9.90 Å². The highest BCUT2D eigenvalue weighted by atomic mass is 16.5. The molecule has 0 aliphatic carbocycles. The maximum atomic E-state index is 12.3. The SMILES string of the molecule is Cc1cc(C(=O)N2CCOCC2CO)cc(N)n1. The topological polar surface area (TPSA) is 88.7 Å². The molecule has 1 unspecified atom stereocenters. The average molecular weight is 251 g/mol. The number of amides is 1. The molecule has 1 aromatic heterocycles. The quantitative estimate of drug-likeness (QED) is 0.760. The van der Waals surface area contributed by atoms with Crippen LogP contribution in [0.1, 0.15) is 16.1 Å². The molecule has 0 radical (unpaired) electrons. The molecule has 0 aromatic carbocycles. The van der Waals surface area contributed by atoms with Crippen LogP contribution in [0, 0.1) is 6.92 Å². The van der Waals surface area contributed by atoms with Crippen molar-refractivity contribution in [3.05, 3.63) is 23.4 Å². The lowest BCUT2D eigenvalue weighted by Crippen LogP contribution is -2.50. The number of hydrogen-bond donors (Lipinski definition) is 2. The van der Waals surface area contributed by atoms with Crippen molar-refractivity contribution in [3.63, 3.8) is 0 Å². The number of pyridine rings is 1. The maximum Gasteiger partial charge on any atom is 0.254 e. The first kappa shape index (κ1) is 12.8. The van der Waals surface area contributed by atoms with Crippen molar-refractivity contribution < 1.29 is 14.6 Å². The molecule has 6 nitrogen and oxygen atoms in total. The monoisotopic (exact) mass is 251 g/mol. The number of rotatable bonds is 2. The van der Waals surface area contributed by atoms with Crippen molar-refractivity contribution in [3.8, 4) is 0 Å². The van der Waals surface area contributed by atoms with Crippen LogP contribution in [-0.2, 0) is 4.74 Å². The van der Waals surface area contributed by atoms with Crippen molar-refractivity contribution in [2.24, 2.45) is 0 Å². The van der Waals surface area contributed by atoms with Crippen molar-refractivity contribution in [1.82, 2.24) is 9.88 Å². The molecule has 18 heavy (non-hydrogen) atoms. The number of nitrogens with two attached hydrogens (primary N) is 1. The first-order valence-electron chi connectivity index (χ1n) is 5.85. The summed E-state index contributed by atoms with van der Waals surface area (Å²) in [5, 5.41) is 9.26. The summed E-state index contributed by atoms with van der Waals surface area (Å²) < 4.78 is 5.25. The lowest BCUT2D eigenvalue weighted by molar-refractivity contribution is -0.0183. The predicted molar refractivity (Wildman–Crippen MR) is 66.1 cm³/mol. The zero-order valence-electron chi connectivity index (χ0n) is 10.3. The summed E-state index contributed by atoms with van der Waals surface area (Å²) in [6.07, 6.45) is 0. The Labute approximate surface area is 105 Å². The fourth-order valence-electron chi connectivity index (χ4n) is 2.06. The van der Waals surface area contributed by atoms with Crippen LogP contribution >= 0.6 is 0 Å². The zero-order chi connectivity index (χ0) is 13.1. The summed E-state index contributed by atoms with van der Waals surface area (Å²) in [5.41, 5.74) is 6.84. The Morgan fingerprint density at radius 2 is 2.44 bits per heavy atom. The number of aliphatic hydroxyl groups excluding tert-OH is 1. The van der Waals surface area contributed by atoms with E-state index in [0.717, 1.165) is 0 Å². The molecule has 6 heteroatoms. The molecular weight excluding hydrogens is 234 g/mol.